The number of nitrogens with one attached hydrogen (secondary N) is 1. The van der Waals surface area contributed by atoms with Crippen LogP contribution in [0, 0.1) is 0 Å². The predicted molar refractivity (Wildman–Crippen MR) is 132 cm³/mol. The van der Waals surface area contributed by atoms with Gasteiger partial charge in [-0.05, 0) is 42.7 Å². The van der Waals surface area contributed by atoms with E-state index < -0.39 is 6.04 Å². The molecule has 1 atom stereocenters. The summed E-state index contributed by atoms with van der Waals surface area (Å²) in [5.74, 6) is -0.207. The van der Waals surface area contributed by atoms with E-state index in [0.29, 0.717) is 13.0 Å². The Bertz CT molecular complexity index is 1000. The highest BCUT2D eigenvalue weighted by Crippen LogP contribution is 2.18. The summed E-state index contributed by atoms with van der Waals surface area (Å²) in [4.78, 5) is 28.6. The molecule has 0 spiro atoms. The molecule has 0 aliphatic heterocycles. The van der Waals surface area contributed by atoms with Crippen LogP contribution in [-0.4, -0.2) is 28.8 Å². The van der Waals surface area contributed by atoms with Crippen LogP contribution in [0.1, 0.15) is 30.5 Å². The zero-order valence-corrected chi connectivity index (χ0v) is 20.1. The van der Waals surface area contributed by atoms with Crippen LogP contribution in [0.25, 0.3) is 0 Å². The van der Waals surface area contributed by atoms with E-state index in [0.717, 1.165) is 21.2 Å². The summed E-state index contributed by atoms with van der Waals surface area (Å²) in [7, 11) is 0. The van der Waals surface area contributed by atoms with Crippen molar-refractivity contribution in [2.24, 2.45) is 0 Å². The number of halogens is 1. The second-order valence-electron chi connectivity index (χ2n) is 8.18. The van der Waals surface area contributed by atoms with E-state index in [4.69, 9.17) is 0 Å². The minimum atomic E-state index is -0.611. The van der Waals surface area contributed by atoms with Crippen LogP contribution < -0.4 is 5.32 Å². The lowest BCUT2D eigenvalue weighted by atomic mass is 10.0. The fourth-order valence-corrected chi connectivity index (χ4v) is 3.86. The third kappa shape index (κ3) is 7.06. The second kappa shape index (κ2) is 11.6. The average Bonchev–Trinajstić information content (AvgIpc) is 2.78. The number of nitrogens with zero attached hydrogens (tertiary/aromatic N) is 1. The summed E-state index contributed by atoms with van der Waals surface area (Å²) in [5.41, 5.74) is 2.93. The highest BCUT2D eigenvalue weighted by molar-refractivity contribution is 9.10. The van der Waals surface area contributed by atoms with Gasteiger partial charge in [0.15, 0.2) is 0 Å². The first-order valence-electron chi connectivity index (χ1n) is 10.8. The molecular weight excluding hydrogens is 464 g/mol. The van der Waals surface area contributed by atoms with E-state index >= 15 is 0 Å². The van der Waals surface area contributed by atoms with Gasteiger partial charge in [0.2, 0.25) is 11.8 Å². The first-order chi connectivity index (χ1) is 15.4. The zero-order chi connectivity index (χ0) is 22.9. The molecule has 0 heterocycles. The molecule has 0 aliphatic carbocycles. The Labute approximate surface area is 198 Å². The first-order valence-corrected chi connectivity index (χ1v) is 11.6. The summed E-state index contributed by atoms with van der Waals surface area (Å²) in [6.45, 7) is 4.23. The Morgan fingerprint density at radius 1 is 0.812 bits per heavy atom. The first kappa shape index (κ1) is 23.7. The number of rotatable bonds is 9. The van der Waals surface area contributed by atoms with Gasteiger partial charge in [0, 0.05) is 23.5 Å². The van der Waals surface area contributed by atoms with Crippen molar-refractivity contribution in [1.82, 2.24) is 10.2 Å². The molecule has 1 N–H and O–H groups in total. The van der Waals surface area contributed by atoms with Gasteiger partial charge < -0.3 is 10.2 Å². The van der Waals surface area contributed by atoms with Gasteiger partial charge in [-0.25, -0.2) is 0 Å². The van der Waals surface area contributed by atoms with E-state index in [-0.39, 0.29) is 24.3 Å². The predicted octanol–water partition coefficient (Wildman–Crippen LogP) is 5.16. The van der Waals surface area contributed by atoms with E-state index in [1.54, 1.807) is 4.90 Å². The van der Waals surface area contributed by atoms with E-state index in [1.807, 2.05) is 98.8 Å². The van der Waals surface area contributed by atoms with E-state index in [9.17, 15) is 9.59 Å². The van der Waals surface area contributed by atoms with Crippen LogP contribution in [0.2, 0.25) is 0 Å². The zero-order valence-electron chi connectivity index (χ0n) is 18.5. The lowest BCUT2D eigenvalue weighted by molar-refractivity contribution is -0.141. The maximum atomic E-state index is 13.5. The van der Waals surface area contributed by atoms with Crippen molar-refractivity contribution in [3.05, 3.63) is 106 Å². The van der Waals surface area contributed by atoms with E-state index in [1.165, 1.54) is 0 Å². The van der Waals surface area contributed by atoms with Crippen molar-refractivity contribution < 1.29 is 9.59 Å². The van der Waals surface area contributed by atoms with Crippen LogP contribution in [0.3, 0.4) is 0 Å². The van der Waals surface area contributed by atoms with Crippen molar-refractivity contribution in [1.29, 1.82) is 0 Å². The monoisotopic (exact) mass is 492 g/mol. The smallest absolute Gasteiger partial charge is 0.243 e. The third-order valence-electron chi connectivity index (χ3n) is 5.17. The molecule has 5 heteroatoms. The Balaban J connectivity index is 1.94. The average molecular weight is 493 g/mol. The quantitative estimate of drug-likeness (QED) is 0.448. The van der Waals surface area contributed by atoms with Crippen molar-refractivity contribution in [2.45, 2.75) is 45.3 Å². The summed E-state index contributed by atoms with van der Waals surface area (Å²) >= 11 is 3.46. The molecule has 0 bridgehead atoms. The number of carbonyl (C=O) groups excluding carboxylic acids is 2. The van der Waals surface area contributed by atoms with Gasteiger partial charge in [-0.1, -0.05) is 88.7 Å². The molecule has 32 heavy (non-hydrogen) atoms. The second-order valence-corrected chi connectivity index (χ2v) is 9.09. The standard InChI is InChI=1S/C27H29BrN2O2/c1-20(2)29-27(32)25(17-21-9-5-3-6-10-21)30(19-23-13-15-24(28)16-14-23)26(31)18-22-11-7-4-8-12-22/h3-16,20,25H,17-19H2,1-2H3,(H,29,32)/t25-/m1/s1. The highest BCUT2D eigenvalue weighted by Gasteiger charge is 2.30. The molecule has 0 aliphatic rings. The lowest BCUT2D eigenvalue weighted by Crippen LogP contribution is -2.52. The van der Waals surface area contributed by atoms with Crippen molar-refractivity contribution in [2.75, 3.05) is 0 Å². The minimum Gasteiger partial charge on any atom is -0.352 e. The summed E-state index contributed by atoms with van der Waals surface area (Å²) in [5, 5.41) is 3.02. The largest absolute Gasteiger partial charge is 0.352 e. The molecule has 2 amide bonds. The minimum absolute atomic E-state index is 0.0143. The number of hydrogen-bond acceptors (Lipinski definition) is 2. The van der Waals surface area contributed by atoms with Crippen LogP contribution in [0.4, 0.5) is 0 Å². The maximum Gasteiger partial charge on any atom is 0.243 e. The maximum absolute atomic E-state index is 13.5. The van der Waals surface area contributed by atoms with Gasteiger partial charge in [0.1, 0.15) is 6.04 Å². The Hall–Kier alpha value is -2.92. The Morgan fingerprint density at radius 2 is 1.38 bits per heavy atom. The summed E-state index contributed by atoms with van der Waals surface area (Å²) in [6.07, 6.45) is 0.702. The molecule has 4 nitrogen and oxygen atoms in total. The lowest BCUT2D eigenvalue weighted by Gasteiger charge is -2.32. The highest BCUT2D eigenvalue weighted by atomic mass is 79.9. The SMILES string of the molecule is CC(C)NC(=O)[C@@H](Cc1ccccc1)N(Cc1ccc(Br)cc1)C(=O)Cc1ccccc1. The summed E-state index contributed by atoms with van der Waals surface area (Å²) < 4.78 is 0.974. The van der Waals surface area contributed by atoms with Gasteiger partial charge in [0.05, 0.1) is 6.42 Å². The molecular formula is C27H29BrN2O2. The van der Waals surface area contributed by atoms with Gasteiger partial charge in [-0.15, -0.1) is 0 Å². The normalized spacial score (nSPS) is 11.8. The van der Waals surface area contributed by atoms with Gasteiger partial charge in [-0.3, -0.25) is 9.59 Å². The molecule has 0 saturated heterocycles. The fourth-order valence-electron chi connectivity index (χ4n) is 3.59. The third-order valence-corrected chi connectivity index (χ3v) is 5.70. The van der Waals surface area contributed by atoms with E-state index in [2.05, 4.69) is 21.2 Å². The van der Waals surface area contributed by atoms with Crippen LogP contribution in [-0.2, 0) is 29.0 Å². The van der Waals surface area contributed by atoms with Gasteiger partial charge in [0.25, 0.3) is 0 Å². The number of amides is 2. The molecule has 0 aromatic heterocycles. The number of hydrogen-bond donors (Lipinski definition) is 1. The van der Waals surface area contributed by atoms with Crippen molar-refractivity contribution in [3.8, 4) is 0 Å². The fraction of sp³-hybridized carbons (Fsp3) is 0.259. The van der Waals surface area contributed by atoms with Crippen LogP contribution in [0.15, 0.2) is 89.4 Å². The molecule has 0 fully saturated rings. The molecule has 3 aromatic carbocycles. The van der Waals surface area contributed by atoms with Crippen molar-refractivity contribution in [3.63, 3.8) is 0 Å². The Morgan fingerprint density at radius 3 is 1.94 bits per heavy atom. The molecule has 3 rings (SSSR count). The van der Waals surface area contributed by atoms with Gasteiger partial charge >= 0.3 is 0 Å². The van der Waals surface area contributed by atoms with Crippen molar-refractivity contribution >= 4 is 27.7 Å². The van der Waals surface area contributed by atoms with Gasteiger partial charge in [-0.2, -0.15) is 0 Å². The molecule has 3 aromatic rings. The number of benzene rings is 3. The number of carbonyl (C=O) groups is 2. The summed E-state index contributed by atoms with van der Waals surface area (Å²) in [6, 6.07) is 26.8. The van der Waals surface area contributed by atoms with Crippen LogP contribution in [0.5, 0.6) is 0 Å². The Kier molecular flexibility index (Phi) is 8.63. The molecule has 0 saturated carbocycles. The topological polar surface area (TPSA) is 49.4 Å². The van der Waals surface area contributed by atoms with Crippen LogP contribution >= 0.6 is 15.9 Å². The molecule has 0 radical (unpaired) electrons. The molecule has 0 unspecified atom stereocenters. The molecule has 166 valence electrons.